The summed E-state index contributed by atoms with van der Waals surface area (Å²) in [5, 5.41) is 3.11. The highest BCUT2D eigenvalue weighted by atomic mass is 19.1. The Morgan fingerprint density at radius 1 is 1.04 bits per heavy atom. The first-order valence-electron chi connectivity index (χ1n) is 8.27. The van der Waals surface area contributed by atoms with E-state index in [1.165, 1.54) is 57.7 Å². The van der Waals surface area contributed by atoms with Crippen LogP contribution in [-0.2, 0) is 6.54 Å². The van der Waals surface area contributed by atoms with Crippen molar-refractivity contribution in [1.82, 2.24) is 5.32 Å². The Labute approximate surface area is 159 Å². The van der Waals surface area contributed by atoms with E-state index < -0.39 is 17.3 Å². The van der Waals surface area contributed by atoms with E-state index in [1.54, 1.807) is 0 Å². The fourth-order valence-electron chi connectivity index (χ4n) is 2.84. The van der Waals surface area contributed by atoms with E-state index in [4.69, 9.17) is 18.6 Å². The first-order chi connectivity index (χ1) is 13.5. The highest BCUT2D eigenvalue weighted by Gasteiger charge is 2.17. The molecule has 0 aliphatic heterocycles. The van der Waals surface area contributed by atoms with Crippen LogP contribution < -0.4 is 25.2 Å². The van der Waals surface area contributed by atoms with Crippen LogP contribution in [0.2, 0.25) is 0 Å². The van der Waals surface area contributed by atoms with Crippen LogP contribution in [0.1, 0.15) is 15.9 Å². The van der Waals surface area contributed by atoms with Crippen molar-refractivity contribution in [3.63, 3.8) is 0 Å². The van der Waals surface area contributed by atoms with Crippen LogP contribution in [0.5, 0.6) is 17.2 Å². The molecule has 1 amide bonds. The fourth-order valence-corrected chi connectivity index (χ4v) is 2.84. The van der Waals surface area contributed by atoms with Crippen LogP contribution in [0.3, 0.4) is 0 Å². The van der Waals surface area contributed by atoms with E-state index in [0.29, 0.717) is 28.2 Å². The summed E-state index contributed by atoms with van der Waals surface area (Å²) in [5.41, 5.74) is 0.363. The summed E-state index contributed by atoms with van der Waals surface area (Å²) in [4.78, 5) is 24.3. The number of hydrogen-bond acceptors (Lipinski definition) is 6. The van der Waals surface area contributed by atoms with Gasteiger partial charge in [0.2, 0.25) is 5.75 Å². The minimum Gasteiger partial charge on any atom is -0.493 e. The molecular formula is C20H18FNO6. The van der Waals surface area contributed by atoms with Gasteiger partial charge in [0.05, 0.1) is 21.3 Å². The number of amides is 1. The predicted octanol–water partition coefficient (Wildman–Crippen LogP) is 2.89. The molecule has 0 bridgehead atoms. The maximum Gasteiger partial charge on any atom is 0.336 e. The number of nitrogens with one attached hydrogen (secondary N) is 1. The molecule has 7 nitrogen and oxygen atoms in total. The minimum atomic E-state index is -0.587. The van der Waals surface area contributed by atoms with Gasteiger partial charge in [-0.1, -0.05) is 0 Å². The Balaban J connectivity index is 1.90. The standard InChI is InChI=1S/C20H18FNO6/c1-25-16-6-11(7-17(26-2)19(16)27-3)20(24)22-10-12-8-18(23)28-15-5-4-13(21)9-14(12)15/h4-9H,10H2,1-3H3,(H,22,24). The van der Waals surface area contributed by atoms with Crippen molar-refractivity contribution in [3.05, 3.63) is 63.8 Å². The molecule has 0 aliphatic carbocycles. The molecule has 0 saturated heterocycles. The number of halogens is 1. The Morgan fingerprint density at radius 3 is 2.32 bits per heavy atom. The molecule has 0 radical (unpaired) electrons. The quantitative estimate of drug-likeness (QED) is 0.655. The number of hydrogen-bond donors (Lipinski definition) is 1. The van der Waals surface area contributed by atoms with Gasteiger partial charge in [-0.25, -0.2) is 9.18 Å². The number of carbonyl (C=O) groups is 1. The molecule has 1 heterocycles. The van der Waals surface area contributed by atoms with E-state index in [0.717, 1.165) is 0 Å². The van der Waals surface area contributed by atoms with Crippen LogP contribution in [0.4, 0.5) is 4.39 Å². The molecule has 3 rings (SSSR count). The number of methoxy groups -OCH3 is 3. The predicted molar refractivity (Wildman–Crippen MR) is 99.7 cm³/mol. The Hall–Kier alpha value is -3.55. The highest BCUT2D eigenvalue weighted by Crippen LogP contribution is 2.38. The topological polar surface area (TPSA) is 87.0 Å². The number of benzene rings is 2. The van der Waals surface area contributed by atoms with Crippen molar-refractivity contribution in [3.8, 4) is 17.2 Å². The lowest BCUT2D eigenvalue weighted by Gasteiger charge is -2.14. The molecule has 0 fully saturated rings. The van der Waals surface area contributed by atoms with E-state index in [1.807, 2.05) is 0 Å². The summed E-state index contributed by atoms with van der Waals surface area (Å²) >= 11 is 0. The first kappa shape index (κ1) is 19.2. The molecule has 0 unspecified atom stereocenters. The van der Waals surface area contributed by atoms with Gasteiger partial charge in [0, 0.05) is 23.6 Å². The molecule has 2 aromatic carbocycles. The SMILES string of the molecule is COc1cc(C(=O)NCc2cc(=O)oc3ccc(F)cc23)cc(OC)c1OC. The van der Waals surface area contributed by atoms with Gasteiger partial charge >= 0.3 is 5.63 Å². The van der Waals surface area contributed by atoms with Crippen LogP contribution in [0.15, 0.2) is 45.6 Å². The Bertz CT molecular complexity index is 1070. The average molecular weight is 387 g/mol. The summed E-state index contributed by atoms with van der Waals surface area (Å²) in [6.45, 7) is 0.00104. The number of fused-ring (bicyclic) bond motifs is 1. The monoisotopic (exact) mass is 387 g/mol. The number of carbonyl (C=O) groups excluding carboxylic acids is 1. The molecule has 146 valence electrons. The largest absolute Gasteiger partial charge is 0.493 e. The third kappa shape index (κ3) is 3.75. The van der Waals surface area contributed by atoms with Crippen LogP contribution >= 0.6 is 0 Å². The van der Waals surface area contributed by atoms with Gasteiger partial charge in [-0.2, -0.15) is 0 Å². The minimum absolute atomic E-state index is 0.00104. The maximum absolute atomic E-state index is 13.6. The van der Waals surface area contributed by atoms with Crippen LogP contribution in [0.25, 0.3) is 11.0 Å². The summed E-state index contributed by atoms with van der Waals surface area (Å²) in [6, 6.07) is 8.05. The van der Waals surface area contributed by atoms with E-state index in [-0.39, 0.29) is 17.7 Å². The number of rotatable bonds is 6. The molecule has 28 heavy (non-hydrogen) atoms. The van der Waals surface area contributed by atoms with Gasteiger partial charge in [0.25, 0.3) is 5.91 Å². The third-order valence-corrected chi connectivity index (χ3v) is 4.16. The molecule has 0 spiro atoms. The van der Waals surface area contributed by atoms with Crippen molar-refractivity contribution in [2.45, 2.75) is 6.54 Å². The summed E-state index contributed by atoms with van der Waals surface area (Å²) in [6.07, 6.45) is 0. The van der Waals surface area contributed by atoms with Crippen LogP contribution in [0, 0.1) is 5.82 Å². The van der Waals surface area contributed by atoms with Crippen molar-refractivity contribution in [2.24, 2.45) is 0 Å². The summed E-state index contributed by atoms with van der Waals surface area (Å²) < 4.78 is 34.3. The molecule has 1 aromatic heterocycles. The second-order valence-corrected chi connectivity index (χ2v) is 5.83. The van der Waals surface area contributed by atoms with Crippen molar-refractivity contribution in [2.75, 3.05) is 21.3 Å². The second kappa shape index (κ2) is 7.99. The van der Waals surface area contributed by atoms with Gasteiger partial charge in [-0.3, -0.25) is 4.79 Å². The van der Waals surface area contributed by atoms with E-state index in [9.17, 15) is 14.0 Å². The Kier molecular flexibility index (Phi) is 5.49. The maximum atomic E-state index is 13.6. The Morgan fingerprint density at radius 2 is 1.71 bits per heavy atom. The molecule has 0 atom stereocenters. The lowest BCUT2D eigenvalue weighted by molar-refractivity contribution is 0.0950. The molecule has 8 heteroatoms. The average Bonchev–Trinajstić information content (AvgIpc) is 2.70. The fraction of sp³-hybridized carbons (Fsp3) is 0.200. The lowest BCUT2D eigenvalue weighted by atomic mass is 10.1. The molecule has 1 N–H and O–H groups in total. The molecule has 3 aromatic rings. The van der Waals surface area contributed by atoms with Crippen molar-refractivity contribution >= 4 is 16.9 Å². The second-order valence-electron chi connectivity index (χ2n) is 5.83. The third-order valence-electron chi connectivity index (χ3n) is 4.16. The molecule has 0 saturated carbocycles. The highest BCUT2D eigenvalue weighted by molar-refractivity contribution is 5.96. The zero-order valence-electron chi connectivity index (χ0n) is 15.5. The first-order valence-corrected chi connectivity index (χ1v) is 8.27. The normalized spacial score (nSPS) is 10.6. The van der Waals surface area contributed by atoms with E-state index in [2.05, 4.69) is 5.32 Å². The zero-order valence-corrected chi connectivity index (χ0v) is 15.5. The summed E-state index contributed by atoms with van der Waals surface area (Å²) in [5.74, 6) is 0.124. The number of ether oxygens (including phenoxy) is 3. The van der Waals surface area contributed by atoms with Gasteiger partial charge in [0.1, 0.15) is 11.4 Å². The molecule has 0 aliphatic rings. The van der Waals surface area contributed by atoms with Gasteiger partial charge in [-0.15, -0.1) is 0 Å². The smallest absolute Gasteiger partial charge is 0.336 e. The van der Waals surface area contributed by atoms with Gasteiger partial charge in [-0.05, 0) is 35.9 Å². The van der Waals surface area contributed by atoms with Gasteiger partial charge in [0.15, 0.2) is 11.5 Å². The lowest BCUT2D eigenvalue weighted by Crippen LogP contribution is -2.23. The van der Waals surface area contributed by atoms with E-state index >= 15 is 0 Å². The van der Waals surface area contributed by atoms with Crippen LogP contribution in [-0.4, -0.2) is 27.2 Å². The summed E-state index contributed by atoms with van der Waals surface area (Å²) in [7, 11) is 4.36. The molecular weight excluding hydrogens is 369 g/mol. The van der Waals surface area contributed by atoms with Crippen molar-refractivity contribution < 1.29 is 27.8 Å². The van der Waals surface area contributed by atoms with Gasteiger partial charge < -0.3 is 23.9 Å². The zero-order chi connectivity index (χ0) is 20.3. The van der Waals surface area contributed by atoms with Crippen molar-refractivity contribution in [1.29, 1.82) is 0 Å².